The molecule has 0 amide bonds. The van der Waals surface area contributed by atoms with Crippen LogP contribution in [0, 0.1) is 0 Å². The maximum Gasteiger partial charge on any atom is 0.176 e. The molecule has 3 aromatic rings. The first-order valence-electron chi connectivity index (χ1n) is 6.90. The number of aryl methyl sites for hydroxylation is 1. The fraction of sp³-hybridized carbons (Fsp3) is 0.125. The van der Waals surface area contributed by atoms with E-state index in [-0.39, 0.29) is 5.84 Å². The van der Waals surface area contributed by atoms with E-state index in [1.165, 1.54) is 0 Å². The lowest BCUT2D eigenvalue weighted by Gasteiger charge is -2.25. The largest absolute Gasteiger partial charge is 0.384 e. The number of fused-ring (bicyclic) bond motifs is 2. The van der Waals surface area contributed by atoms with Gasteiger partial charge in [0.15, 0.2) is 5.60 Å². The quantitative estimate of drug-likeness (QED) is 0.710. The molecule has 0 fully saturated rings. The Labute approximate surface area is 142 Å². The number of hydrogen-bond acceptors (Lipinski definition) is 4. The van der Waals surface area contributed by atoms with Crippen molar-refractivity contribution in [3.05, 3.63) is 57.7 Å². The van der Waals surface area contributed by atoms with E-state index in [4.69, 9.17) is 28.9 Å². The van der Waals surface area contributed by atoms with Crippen LogP contribution < -0.4 is 5.73 Å². The van der Waals surface area contributed by atoms with Crippen LogP contribution >= 0.6 is 23.2 Å². The van der Waals surface area contributed by atoms with Gasteiger partial charge in [-0.2, -0.15) is 5.10 Å². The van der Waals surface area contributed by atoms with Crippen LogP contribution in [0.1, 0.15) is 11.1 Å². The van der Waals surface area contributed by atoms with Gasteiger partial charge in [0.2, 0.25) is 0 Å². The number of hydrogen-bond donors (Lipinski definition) is 2. The Morgan fingerprint density at radius 2 is 1.87 bits per heavy atom. The number of amidine groups is 1. The number of aromatic nitrogens is 2. The lowest BCUT2D eigenvalue weighted by atomic mass is 9.85. The van der Waals surface area contributed by atoms with E-state index in [9.17, 15) is 5.11 Å². The average molecular weight is 347 g/mol. The van der Waals surface area contributed by atoms with Crippen molar-refractivity contribution in [2.75, 3.05) is 0 Å². The molecule has 23 heavy (non-hydrogen) atoms. The second-order valence-electron chi connectivity index (χ2n) is 5.56. The monoisotopic (exact) mass is 346 g/mol. The van der Waals surface area contributed by atoms with Crippen molar-refractivity contribution in [1.82, 2.24) is 9.78 Å². The Morgan fingerprint density at radius 3 is 2.65 bits per heavy atom. The van der Waals surface area contributed by atoms with Crippen molar-refractivity contribution in [3.63, 3.8) is 0 Å². The van der Waals surface area contributed by atoms with Crippen LogP contribution in [0.25, 0.3) is 10.9 Å². The van der Waals surface area contributed by atoms with Gasteiger partial charge in [0.1, 0.15) is 5.84 Å². The summed E-state index contributed by atoms with van der Waals surface area (Å²) in [5, 5.41) is 17.6. The SMILES string of the molecule is Cn1cc2cc(Cl)cc(C3(O)C(N)=Nc4ccc(Cl)cc43)c2n1. The van der Waals surface area contributed by atoms with Gasteiger partial charge in [-0.25, -0.2) is 4.99 Å². The number of aliphatic hydroxyl groups is 1. The summed E-state index contributed by atoms with van der Waals surface area (Å²) in [6.45, 7) is 0. The van der Waals surface area contributed by atoms with E-state index in [2.05, 4.69) is 10.1 Å². The number of nitrogens with zero attached hydrogens (tertiary/aromatic N) is 3. The molecule has 1 unspecified atom stereocenters. The van der Waals surface area contributed by atoms with Gasteiger partial charge in [-0.15, -0.1) is 0 Å². The highest BCUT2D eigenvalue weighted by molar-refractivity contribution is 6.32. The van der Waals surface area contributed by atoms with Crippen LogP contribution in [0.4, 0.5) is 5.69 Å². The van der Waals surface area contributed by atoms with Crippen LogP contribution in [0.2, 0.25) is 10.0 Å². The van der Waals surface area contributed by atoms with Crippen molar-refractivity contribution < 1.29 is 5.11 Å². The summed E-state index contributed by atoms with van der Waals surface area (Å²) >= 11 is 12.3. The highest BCUT2D eigenvalue weighted by Crippen LogP contribution is 2.45. The molecule has 1 aliphatic rings. The van der Waals surface area contributed by atoms with Gasteiger partial charge in [0, 0.05) is 39.8 Å². The Kier molecular flexibility index (Phi) is 2.97. The van der Waals surface area contributed by atoms with Crippen molar-refractivity contribution in [2.45, 2.75) is 5.60 Å². The lowest BCUT2D eigenvalue weighted by molar-refractivity contribution is 0.160. The average Bonchev–Trinajstić information content (AvgIpc) is 2.97. The normalized spacial score (nSPS) is 19.9. The topological polar surface area (TPSA) is 76.4 Å². The third-order valence-corrected chi connectivity index (χ3v) is 4.49. The van der Waals surface area contributed by atoms with Gasteiger partial charge >= 0.3 is 0 Å². The Morgan fingerprint density at radius 1 is 1.13 bits per heavy atom. The fourth-order valence-electron chi connectivity index (χ4n) is 3.02. The number of nitrogens with two attached hydrogens (primary N) is 1. The second kappa shape index (κ2) is 4.71. The van der Waals surface area contributed by atoms with Crippen molar-refractivity contribution >= 4 is 45.6 Å². The molecule has 1 aliphatic heterocycles. The molecule has 0 saturated carbocycles. The molecular formula is C16H12Cl2N4O. The highest BCUT2D eigenvalue weighted by atomic mass is 35.5. The molecule has 1 aromatic heterocycles. The summed E-state index contributed by atoms with van der Waals surface area (Å²) in [4.78, 5) is 4.27. The third kappa shape index (κ3) is 1.97. The summed E-state index contributed by atoms with van der Waals surface area (Å²) in [5.74, 6) is 0.0731. The lowest BCUT2D eigenvalue weighted by Crippen LogP contribution is -2.39. The van der Waals surface area contributed by atoms with Crippen LogP contribution in [0.5, 0.6) is 0 Å². The Balaban J connectivity index is 2.08. The molecule has 7 heteroatoms. The predicted molar refractivity (Wildman–Crippen MR) is 91.5 cm³/mol. The third-order valence-electron chi connectivity index (χ3n) is 4.04. The fourth-order valence-corrected chi connectivity index (χ4v) is 3.42. The van der Waals surface area contributed by atoms with E-state index in [0.717, 1.165) is 5.39 Å². The Bertz CT molecular complexity index is 995. The predicted octanol–water partition coefficient (Wildman–Crippen LogP) is 3.12. The maximum atomic E-state index is 11.4. The zero-order valence-corrected chi connectivity index (χ0v) is 13.6. The van der Waals surface area contributed by atoms with Gasteiger partial charge in [-0.1, -0.05) is 23.2 Å². The van der Waals surface area contributed by atoms with Crippen LogP contribution in [0.15, 0.2) is 41.5 Å². The molecule has 0 saturated heterocycles. The number of aliphatic imine (C=N–C) groups is 1. The van der Waals surface area contributed by atoms with E-state index >= 15 is 0 Å². The number of benzene rings is 2. The highest BCUT2D eigenvalue weighted by Gasteiger charge is 2.44. The van der Waals surface area contributed by atoms with Gasteiger partial charge in [0.05, 0.1) is 11.2 Å². The smallest absolute Gasteiger partial charge is 0.176 e. The minimum atomic E-state index is -1.61. The number of halogens is 2. The van der Waals surface area contributed by atoms with Gasteiger partial charge in [-0.3, -0.25) is 4.68 Å². The molecule has 0 radical (unpaired) electrons. The minimum Gasteiger partial charge on any atom is -0.384 e. The molecule has 1 atom stereocenters. The van der Waals surface area contributed by atoms with E-state index in [0.29, 0.717) is 32.4 Å². The van der Waals surface area contributed by atoms with Crippen LogP contribution in [0.3, 0.4) is 0 Å². The minimum absolute atomic E-state index is 0.0731. The first-order chi connectivity index (χ1) is 10.9. The van der Waals surface area contributed by atoms with Gasteiger partial charge < -0.3 is 10.8 Å². The van der Waals surface area contributed by atoms with Crippen molar-refractivity contribution in [3.8, 4) is 0 Å². The molecule has 0 bridgehead atoms. The molecular weight excluding hydrogens is 335 g/mol. The standard InChI is InChI=1S/C16H12Cl2N4O/c1-22-7-8-4-10(18)6-12(14(8)21-22)16(23)11-5-9(17)2-3-13(11)20-15(16)19/h2-7,23H,1H3,(H2,19,20). The van der Waals surface area contributed by atoms with Gasteiger partial charge in [-0.05, 0) is 30.3 Å². The van der Waals surface area contributed by atoms with Crippen LogP contribution in [-0.4, -0.2) is 20.7 Å². The molecule has 2 aromatic carbocycles. The second-order valence-corrected chi connectivity index (χ2v) is 6.44. The van der Waals surface area contributed by atoms with Crippen molar-refractivity contribution in [1.29, 1.82) is 0 Å². The zero-order chi connectivity index (χ0) is 16.4. The van der Waals surface area contributed by atoms with E-state index < -0.39 is 5.60 Å². The molecule has 116 valence electrons. The van der Waals surface area contributed by atoms with Crippen LogP contribution in [-0.2, 0) is 12.6 Å². The molecule has 2 heterocycles. The molecule has 3 N–H and O–H groups in total. The van der Waals surface area contributed by atoms with Crippen molar-refractivity contribution in [2.24, 2.45) is 17.8 Å². The Hall–Kier alpha value is -2.08. The summed E-state index contributed by atoms with van der Waals surface area (Å²) in [7, 11) is 1.80. The maximum absolute atomic E-state index is 11.4. The zero-order valence-electron chi connectivity index (χ0n) is 12.1. The number of rotatable bonds is 1. The first kappa shape index (κ1) is 14.5. The summed E-state index contributed by atoms with van der Waals surface area (Å²) in [5.41, 5.74) is 6.67. The first-order valence-corrected chi connectivity index (χ1v) is 7.65. The molecule has 0 aliphatic carbocycles. The van der Waals surface area contributed by atoms with Gasteiger partial charge in [0.25, 0.3) is 0 Å². The summed E-state index contributed by atoms with van der Waals surface area (Å²) in [6.07, 6.45) is 1.83. The summed E-state index contributed by atoms with van der Waals surface area (Å²) < 4.78 is 1.66. The van der Waals surface area contributed by atoms with E-state index in [1.807, 2.05) is 6.20 Å². The molecule has 5 nitrogen and oxygen atoms in total. The molecule has 4 rings (SSSR count). The molecule has 0 spiro atoms. The summed E-state index contributed by atoms with van der Waals surface area (Å²) in [6, 6.07) is 8.54. The van der Waals surface area contributed by atoms with E-state index in [1.54, 1.807) is 42.1 Å².